The first-order valence-electron chi connectivity index (χ1n) is 10.1. The summed E-state index contributed by atoms with van der Waals surface area (Å²) in [6.45, 7) is 0.315. The predicted molar refractivity (Wildman–Crippen MR) is 120 cm³/mol. The molecule has 0 bridgehead atoms. The predicted octanol–water partition coefficient (Wildman–Crippen LogP) is 4.94. The van der Waals surface area contributed by atoms with Crippen LogP contribution in [-0.4, -0.2) is 37.6 Å². The number of alkyl halides is 2. The van der Waals surface area contributed by atoms with E-state index in [2.05, 4.69) is 25.3 Å². The van der Waals surface area contributed by atoms with Crippen molar-refractivity contribution in [3.8, 4) is 11.3 Å². The SMILES string of the molecule is FC(F)(C1=C/C/C=C\C=N/C/C=C\1)c1nnc2ccc(-c3cnc4ccccc4c3)nn12. The molecular formula is C24H18F2N6. The molecule has 0 saturated carbocycles. The number of benzene rings is 1. The molecule has 0 amide bonds. The monoisotopic (exact) mass is 428 g/mol. The van der Waals surface area contributed by atoms with E-state index in [0.29, 0.717) is 18.7 Å². The Morgan fingerprint density at radius 1 is 1.00 bits per heavy atom. The summed E-state index contributed by atoms with van der Waals surface area (Å²) in [4.78, 5) is 8.55. The van der Waals surface area contributed by atoms with E-state index in [1.165, 1.54) is 12.2 Å². The van der Waals surface area contributed by atoms with Gasteiger partial charge in [-0.15, -0.1) is 10.2 Å². The molecule has 6 nitrogen and oxygen atoms in total. The van der Waals surface area contributed by atoms with Gasteiger partial charge in [0.25, 0.3) is 0 Å². The fourth-order valence-corrected chi connectivity index (χ4v) is 3.48. The number of rotatable bonds is 3. The van der Waals surface area contributed by atoms with E-state index in [1.807, 2.05) is 30.3 Å². The number of hydrogen-bond acceptors (Lipinski definition) is 5. The lowest BCUT2D eigenvalue weighted by Crippen LogP contribution is -2.21. The summed E-state index contributed by atoms with van der Waals surface area (Å²) < 4.78 is 32.2. The molecular weight excluding hydrogens is 410 g/mol. The molecule has 32 heavy (non-hydrogen) atoms. The summed E-state index contributed by atoms with van der Waals surface area (Å²) >= 11 is 0. The van der Waals surface area contributed by atoms with Crippen LogP contribution < -0.4 is 0 Å². The second-order valence-corrected chi connectivity index (χ2v) is 7.24. The Morgan fingerprint density at radius 2 is 1.91 bits per heavy atom. The number of pyridine rings is 1. The number of allylic oxidation sites excluding steroid dienone is 5. The van der Waals surface area contributed by atoms with Crippen molar-refractivity contribution in [2.24, 2.45) is 4.99 Å². The van der Waals surface area contributed by atoms with Gasteiger partial charge in [-0.05, 0) is 36.8 Å². The highest BCUT2D eigenvalue weighted by Crippen LogP contribution is 2.36. The number of aromatic nitrogens is 5. The molecule has 0 aliphatic carbocycles. The van der Waals surface area contributed by atoms with Crippen molar-refractivity contribution in [1.29, 1.82) is 0 Å². The third kappa shape index (κ3) is 3.71. The van der Waals surface area contributed by atoms with E-state index in [0.717, 1.165) is 21.0 Å². The van der Waals surface area contributed by atoms with Crippen LogP contribution in [0.4, 0.5) is 8.78 Å². The van der Waals surface area contributed by atoms with Crippen LogP contribution in [0.3, 0.4) is 0 Å². The average Bonchev–Trinajstić information content (AvgIpc) is 3.26. The molecule has 5 rings (SSSR count). The van der Waals surface area contributed by atoms with Gasteiger partial charge < -0.3 is 0 Å². The van der Waals surface area contributed by atoms with Gasteiger partial charge in [-0.2, -0.15) is 18.4 Å². The summed E-state index contributed by atoms with van der Waals surface area (Å²) in [5.74, 6) is -3.93. The number of hydrogen-bond donors (Lipinski definition) is 0. The number of para-hydroxylation sites is 1. The molecule has 0 radical (unpaired) electrons. The van der Waals surface area contributed by atoms with Gasteiger partial charge in [-0.25, -0.2) is 0 Å². The average molecular weight is 428 g/mol. The Labute approximate surface area is 182 Å². The fourth-order valence-electron chi connectivity index (χ4n) is 3.48. The van der Waals surface area contributed by atoms with Gasteiger partial charge in [0.1, 0.15) is 0 Å². The zero-order valence-corrected chi connectivity index (χ0v) is 16.9. The number of nitrogens with zero attached hydrogens (tertiary/aromatic N) is 6. The number of fused-ring (bicyclic) bond motifs is 2. The second kappa shape index (κ2) is 8.22. The van der Waals surface area contributed by atoms with E-state index in [-0.39, 0.29) is 11.2 Å². The minimum Gasteiger partial charge on any atom is -0.289 e. The Balaban J connectivity index is 1.58. The third-order valence-electron chi connectivity index (χ3n) is 5.10. The van der Waals surface area contributed by atoms with Gasteiger partial charge in [-0.1, -0.05) is 42.5 Å². The van der Waals surface area contributed by atoms with Gasteiger partial charge in [0, 0.05) is 28.9 Å². The first kappa shape index (κ1) is 19.9. The van der Waals surface area contributed by atoms with Crippen LogP contribution in [0.2, 0.25) is 0 Å². The van der Waals surface area contributed by atoms with Gasteiger partial charge >= 0.3 is 5.92 Å². The summed E-state index contributed by atoms with van der Waals surface area (Å²) in [6, 6.07) is 13.0. The Bertz CT molecular complexity index is 1410. The lowest BCUT2D eigenvalue weighted by atomic mass is 10.1. The minimum absolute atomic E-state index is 0.173. The largest absolute Gasteiger partial charge is 0.333 e. The van der Waals surface area contributed by atoms with Gasteiger partial charge in [0.05, 0.1) is 17.8 Å². The maximum Gasteiger partial charge on any atom is 0.333 e. The second-order valence-electron chi connectivity index (χ2n) is 7.24. The normalized spacial score (nSPS) is 19.4. The third-order valence-corrected chi connectivity index (χ3v) is 5.10. The number of halogens is 2. The Morgan fingerprint density at radius 3 is 2.84 bits per heavy atom. The summed E-state index contributed by atoms with van der Waals surface area (Å²) in [7, 11) is 0. The molecule has 0 atom stereocenters. The van der Waals surface area contributed by atoms with Crippen molar-refractivity contribution >= 4 is 22.8 Å². The van der Waals surface area contributed by atoms with E-state index in [4.69, 9.17) is 0 Å². The van der Waals surface area contributed by atoms with E-state index in [1.54, 1.807) is 42.8 Å². The maximum atomic E-state index is 15.5. The quantitative estimate of drug-likeness (QED) is 0.463. The standard InChI is InChI=1S/C24H18F2N6/c25-24(26,19-8-2-1-5-13-27-14-6-9-19)23-30-29-22-12-11-21(31-32(22)23)18-15-17-7-3-4-10-20(17)28-16-18/h1,3-13,15-16H,2,14H2/b5-1-,9-6-,19-8+,27-13-. The van der Waals surface area contributed by atoms with Gasteiger partial charge in [-0.3, -0.25) is 9.98 Å². The maximum absolute atomic E-state index is 15.5. The van der Waals surface area contributed by atoms with Crippen LogP contribution in [0.5, 0.6) is 0 Å². The van der Waals surface area contributed by atoms with Gasteiger partial charge in [0.2, 0.25) is 5.82 Å². The minimum atomic E-state index is -3.39. The smallest absolute Gasteiger partial charge is 0.289 e. The van der Waals surface area contributed by atoms with E-state index >= 15 is 8.78 Å². The molecule has 8 heteroatoms. The van der Waals surface area contributed by atoms with Crippen molar-refractivity contribution in [1.82, 2.24) is 24.8 Å². The summed E-state index contributed by atoms with van der Waals surface area (Å²) in [5, 5.41) is 13.1. The lowest BCUT2D eigenvalue weighted by Gasteiger charge is -2.16. The van der Waals surface area contributed by atoms with Crippen molar-refractivity contribution < 1.29 is 8.78 Å². The Kier molecular flexibility index (Phi) is 5.10. The van der Waals surface area contributed by atoms with Crippen molar-refractivity contribution in [2.45, 2.75) is 12.3 Å². The van der Waals surface area contributed by atoms with Crippen molar-refractivity contribution in [3.05, 3.63) is 90.4 Å². The molecule has 0 fully saturated rings. The molecule has 1 aliphatic heterocycles. The summed E-state index contributed by atoms with van der Waals surface area (Å²) in [6.07, 6.45) is 11.6. The Hall–Kier alpha value is -4.07. The van der Waals surface area contributed by atoms with Crippen LogP contribution >= 0.6 is 0 Å². The highest BCUT2D eigenvalue weighted by molar-refractivity contribution is 5.82. The first-order chi connectivity index (χ1) is 15.6. The molecule has 158 valence electrons. The fraction of sp³-hybridized carbons (Fsp3) is 0.125. The van der Waals surface area contributed by atoms with Crippen LogP contribution in [0.15, 0.2) is 89.6 Å². The van der Waals surface area contributed by atoms with Gasteiger partial charge in [0.15, 0.2) is 5.65 Å². The zero-order chi connectivity index (χ0) is 22.0. The topological polar surface area (TPSA) is 68.3 Å². The van der Waals surface area contributed by atoms with Crippen LogP contribution in [0.1, 0.15) is 12.2 Å². The first-order valence-corrected chi connectivity index (χ1v) is 10.1. The van der Waals surface area contributed by atoms with Crippen LogP contribution in [0, 0.1) is 0 Å². The zero-order valence-electron chi connectivity index (χ0n) is 16.9. The molecule has 4 aromatic rings. The summed E-state index contributed by atoms with van der Waals surface area (Å²) in [5.41, 5.74) is 2.14. The van der Waals surface area contributed by atoms with Crippen LogP contribution in [-0.2, 0) is 5.92 Å². The molecule has 3 aromatic heterocycles. The number of aliphatic imine (C=N–C) groups is 1. The highest BCUT2D eigenvalue weighted by atomic mass is 19.3. The van der Waals surface area contributed by atoms with E-state index in [9.17, 15) is 0 Å². The van der Waals surface area contributed by atoms with E-state index < -0.39 is 11.7 Å². The highest BCUT2D eigenvalue weighted by Gasteiger charge is 2.40. The lowest BCUT2D eigenvalue weighted by molar-refractivity contribution is 0.0295. The molecule has 0 N–H and O–H groups in total. The molecule has 1 aliphatic rings. The van der Waals surface area contributed by atoms with Crippen molar-refractivity contribution in [3.63, 3.8) is 0 Å². The van der Waals surface area contributed by atoms with Crippen LogP contribution in [0.25, 0.3) is 27.8 Å². The molecule has 0 saturated heterocycles. The molecule has 4 heterocycles. The van der Waals surface area contributed by atoms with Crippen molar-refractivity contribution in [2.75, 3.05) is 6.54 Å². The molecule has 0 unspecified atom stereocenters. The molecule has 1 aromatic carbocycles. The molecule has 0 spiro atoms.